The molecule has 2 N–H and O–H groups in total. The van der Waals surface area contributed by atoms with Gasteiger partial charge in [-0.15, -0.1) is 0 Å². The lowest BCUT2D eigenvalue weighted by Crippen LogP contribution is -2.21. The van der Waals surface area contributed by atoms with Gasteiger partial charge in [-0.05, 0) is 45.1 Å². The van der Waals surface area contributed by atoms with Crippen LogP contribution in [0.4, 0.5) is 11.1 Å². The van der Waals surface area contributed by atoms with Gasteiger partial charge in [0.15, 0.2) is 5.13 Å². The van der Waals surface area contributed by atoms with E-state index in [1.54, 1.807) is 11.3 Å². The maximum absolute atomic E-state index is 8.91. The van der Waals surface area contributed by atoms with E-state index in [2.05, 4.69) is 44.4 Å². The molecule has 0 bridgehead atoms. The van der Waals surface area contributed by atoms with Crippen molar-refractivity contribution >= 4 is 22.4 Å². The maximum atomic E-state index is 8.91. The van der Waals surface area contributed by atoms with Gasteiger partial charge in [0.05, 0.1) is 22.3 Å². The summed E-state index contributed by atoms with van der Waals surface area (Å²) in [5.74, 6) is 0.553. The Hall–Kier alpha value is -3.20. The summed E-state index contributed by atoms with van der Waals surface area (Å²) in [4.78, 5) is 20.0. The Balaban J connectivity index is 2.05. The van der Waals surface area contributed by atoms with Gasteiger partial charge in [0.1, 0.15) is 0 Å². The van der Waals surface area contributed by atoms with Crippen LogP contribution in [0.2, 0.25) is 0 Å². The lowest BCUT2D eigenvalue weighted by Gasteiger charge is -2.15. The molecule has 1 unspecified atom stereocenters. The molecule has 0 spiro atoms. The van der Waals surface area contributed by atoms with Crippen LogP contribution in [0.25, 0.3) is 32.3 Å². The zero-order valence-corrected chi connectivity index (χ0v) is 19.9. The molecule has 1 aromatic carbocycles. The molecule has 9 nitrogen and oxygen atoms in total. The first-order valence-electron chi connectivity index (χ1n) is 10.5. The van der Waals surface area contributed by atoms with E-state index in [0.717, 1.165) is 45.6 Å². The van der Waals surface area contributed by atoms with Crippen LogP contribution in [0, 0.1) is 0 Å². The molecule has 168 valence electrons. The summed E-state index contributed by atoms with van der Waals surface area (Å²) in [5.41, 5.74) is 12.3. The monoisotopic (exact) mass is 451 g/mol. The van der Waals surface area contributed by atoms with Gasteiger partial charge in [-0.2, -0.15) is 0 Å². The SMILES string of the molecule is CC(C)Nc1ncc(-c2cc(-c3ccccc3C(C)N=[N+]=[N-])nc(NCCN(C)C)n2)s1. The van der Waals surface area contributed by atoms with Crippen LogP contribution < -0.4 is 10.6 Å². The van der Waals surface area contributed by atoms with Gasteiger partial charge in [-0.1, -0.05) is 47.6 Å². The fourth-order valence-electron chi connectivity index (χ4n) is 3.12. The quantitative estimate of drug-likeness (QED) is 0.241. The van der Waals surface area contributed by atoms with E-state index in [9.17, 15) is 0 Å². The number of likely N-dealkylation sites (N-methyl/N-ethyl adjacent to an activating group) is 1. The van der Waals surface area contributed by atoms with Crippen molar-refractivity contribution in [2.24, 2.45) is 5.11 Å². The molecular formula is C22H29N9S. The molecular weight excluding hydrogens is 422 g/mol. The first kappa shape index (κ1) is 23.5. The summed E-state index contributed by atoms with van der Waals surface area (Å²) in [5, 5.41) is 11.4. The molecule has 3 rings (SSSR count). The molecule has 0 fully saturated rings. The lowest BCUT2D eigenvalue weighted by atomic mass is 9.99. The number of hydrogen-bond acceptors (Lipinski definition) is 8. The molecule has 32 heavy (non-hydrogen) atoms. The summed E-state index contributed by atoms with van der Waals surface area (Å²) in [7, 11) is 4.05. The number of rotatable bonds is 10. The van der Waals surface area contributed by atoms with Crippen LogP contribution in [0.1, 0.15) is 32.4 Å². The van der Waals surface area contributed by atoms with Crippen molar-refractivity contribution in [1.29, 1.82) is 0 Å². The second kappa shape index (κ2) is 10.9. The molecule has 0 saturated heterocycles. The minimum atomic E-state index is -0.315. The van der Waals surface area contributed by atoms with E-state index in [-0.39, 0.29) is 6.04 Å². The Morgan fingerprint density at radius 2 is 1.91 bits per heavy atom. The average Bonchev–Trinajstić information content (AvgIpc) is 3.21. The molecule has 0 aliphatic heterocycles. The van der Waals surface area contributed by atoms with Gasteiger partial charge in [0.2, 0.25) is 5.95 Å². The highest BCUT2D eigenvalue weighted by atomic mass is 32.1. The molecule has 3 aromatic rings. The summed E-state index contributed by atoms with van der Waals surface area (Å²) in [6.07, 6.45) is 1.83. The van der Waals surface area contributed by atoms with Crippen molar-refractivity contribution in [2.45, 2.75) is 32.9 Å². The van der Waals surface area contributed by atoms with Crippen molar-refractivity contribution in [3.8, 4) is 21.8 Å². The maximum Gasteiger partial charge on any atom is 0.223 e. The van der Waals surface area contributed by atoms with Crippen LogP contribution >= 0.6 is 11.3 Å². The van der Waals surface area contributed by atoms with Crippen molar-refractivity contribution < 1.29 is 0 Å². The number of thiazole rings is 1. The van der Waals surface area contributed by atoms with Crippen LogP contribution in [0.5, 0.6) is 0 Å². The van der Waals surface area contributed by atoms with Gasteiger partial charge in [0.25, 0.3) is 0 Å². The average molecular weight is 452 g/mol. The molecule has 0 aliphatic carbocycles. The van der Waals surface area contributed by atoms with Gasteiger partial charge in [-0.3, -0.25) is 0 Å². The highest BCUT2D eigenvalue weighted by Gasteiger charge is 2.16. The first-order valence-corrected chi connectivity index (χ1v) is 11.3. The number of azide groups is 1. The van der Waals surface area contributed by atoms with Crippen LogP contribution in [-0.4, -0.2) is 53.1 Å². The molecule has 2 heterocycles. The van der Waals surface area contributed by atoms with E-state index < -0.39 is 0 Å². The zero-order valence-electron chi connectivity index (χ0n) is 19.1. The third-order valence-corrected chi connectivity index (χ3v) is 5.60. The van der Waals surface area contributed by atoms with Crippen molar-refractivity contribution in [2.75, 3.05) is 37.8 Å². The number of nitrogens with zero attached hydrogens (tertiary/aromatic N) is 7. The number of aromatic nitrogens is 3. The molecule has 10 heteroatoms. The molecule has 0 saturated carbocycles. The van der Waals surface area contributed by atoms with Crippen LogP contribution in [0.15, 0.2) is 41.6 Å². The predicted octanol–water partition coefficient (Wildman–Crippen LogP) is 5.43. The lowest BCUT2D eigenvalue weighted by molar-refractivity contribution is 0.425. The van der Waals surface area contributed by atoms with E-state index in [1.165, 1.54) is 0 Å². The third-order valence-electron chi connectivity index (χ3n) is 4.65. The summed E-state index contributed by atoms with van der Waals surface area (Å²) in [6.45, 7) is 7.62. The Labute approximate surface area is 192 Å². The molecule has 0 amide bonds. The summed E-state index contributed by atoms with van der Waals surface area (Å²) < 4.78 is 0. The smallest absolute Gasteiger partial charge is 0.223 e. The topological polar surface area (TPSA) is 115 Å². The molecule has 1 atom stereocenters. The Morgan fingerprint density at radius 1 is 1.16 bits per heavy atom. The Morgan fingerprint density at radius 3 is 2.62 bits per heavy atom. The highest BCUT2D eigenvalue weighted by molar-refractivity contribution is 7.18. The van der Waals surface area contributed by atoms with Gasteiger partial charge >= 0.3 is 0 Å². The van der Waals surface area contributed by atoms with Crippen molar-refractivity contribution in [3.63, 3.8) is 0 Å². The van der Waals surface area contributed by atoms with Crippen molar-refractivity contribution in [1.82, 2.24) is 19.9 Å². The molecule has 0 radical (unpaired) electrons. The van der Waals surface area contributed by atoms with E-state index in [0.29, 0.717) is 12.0 Å². The standard InChI is InChI=1S/C22H29N9S/c1-14(2)26-22-25-13-20(32-22)19-12-18(27-21(28-19)24-10-11-31(4)5)17-9-7-6-8-16(17)15(3)29-30-23/h6-9,12-15H,10-11H2,1-5H3,(H,25,26)(H,24,27,28). The first-order chi connectivity index (χ1) is 15.4. The third kappa shape index (κ3) is 6.16. The Kier molecular flexibility index (Phi) is 7.99. The van der Waals surface area contributed by atoms with Gasteiger partial charge < -0.3 is 15.5 Å². The Bertz CT molecular complexity index is 1090. The fourth-order valence-corrected chi connectivity index (χ4v) is 4.05. The predicted molar refractivity (Wildman–Crippen MR) is 132 cm³/mol. The van der Waals surface area contributed by atoms with Crippen molar-refractivity contribution in [3.05, 3.63) is 52.5 Å². The fraction of sp³-hybridized carbons (Fsp3) is 0.409. The minimum absolute atomic E-state index is 0.298. The zero-order chi connectivity index (χ0) is 23.1. The van der Waals surface area contributed by atoms with E-state index >= 15 is 0 Å². The largest absolute Gasteiger partial charge is 0.359 e. The minimum Gasteiger partial charge on any atom is -0.359 e. The highest BCUT2D eigenvalue weighted by Crippen LogP contribution is 2.34. The number of hydrogen-bond donors (Lipinski definition) is 2. The van der Waals surface area contributed by atoms with Crippen LogP contribution in [-0.2, 0) is 0 Å². The number of anilines is 2. The second-order valence-electron chi connectivity index (χ2n) is 7.99. The number of benzene rings is 1. The second-order valence-corrected chi connectivity index (χ2v) is 9.02. The van der Waals surface area contributed by atoms with E-state index in [1.807, 2.05) is 57.5 Å². The molecule has 2 aromatic heterocycles. The van der Waals surface area contributed by atoms with Crippen LogP contribution in [0.3, 0.4) is 0 Å². The van der Waals surface area contributed by atoms with Gasteiger partial charge in [-0.25, -0.2) is 15.0 Å². The van der Waals surface area contributed by atoms with E-state index in [4.69, 9.17) is 15.5 Å². The normalized spacial score (nSPS) is 12.0. The summed E-state index contributed by atoms with van der Waals surface area (Å²) in [6, 6.07) is 9.80. The van der Waals surface area contributed by atoms with Gasteiger partial charge in [0, 0.05) is 35.8 Å². The molecule has 0 aliphatic rings. The number of nitrogens with one attached hydrogen (secondary N) is 2. The summed E-state index contributed by atoms with van der Waals surface area (Å²) >= 11 is 1.56.